The Bertz CT molecular complexity index is 668. The van der Waals surface area contributed by atoms with Gasteiger partial charge in [-0.3, -0.25) is 0 Å². The van der Waals surface area contributed by atoms with Gasteiger partial charge in [-0.25, -0.2) is 11.3 Å². The van der Waals surface area contributed by atoms with Gasteiger partial charge in [0.15, 0.2) is 0 Å². The van der Waals surface area contributed by atoms with Crippen molar-refractivity contribution in [2.24, 2.45) is 5.92 Å². The van der Waals surface area contributed by atoms with Crippen molar-refractivity contribution < 1.29 is 32.7 Å². The Morgan fingerprint density at radius 3 is 2.43 bits per heavy atom. The van der Waals surface area contributed by atoms with Crippen molar-refractivity contribution >= 4 is 27.5 Å². The van der Waals surface area contributed by atoms with Gasteiger partial charge in [-0.2, -0.15) is 6.08 Å². The Labute approximate surface area is 156 Å². The van der Waals surface area contributed by atoms with E-state index in [2.05, 4.69) is 26.5 Å². The maximum atomic E-state index is 12.4. The summed E-state index contributed by atoms with van der Waals surface area (Å²) in [6.45, 7) is 11.9. The molecule has 2 aromatic rings. The molecule has 0 atom stereocenters. The van der Waals surface area contributed by atoms with Crippen LogP contribution in [0.15, 0.2) is 41.7 Å². The molecule has 0 saturated carbocycles. The average molecular weight is 374 g/mol. The molecular formula is C18H21OSY-. The molecule has 2 rings (SSSR count). The number of benzene rings is 1. The van der Waals surface area contributed by atoms with Gasteiger partial charge in [-0.1, -0.05) is 50.8 Å². The molecule has 0 aliphatic carbocycles. The molecule has 1 aromatic carbocycles. The minimum absolute atomic E-state index is 0. The molecule has 0 fully saturated rings. The first-order valence-electron chi connectivity index (χ1n) is 6.91. The fraction of sp³-hybridized carbons (Fsp3) is 0.278. The fourth-order valence-corrected chi connectivity index (χ4v) is 2.68. The normalized spacial score (nSPS) is 10.1. The van der Waals surface area contributed by atoms with Gasteiger partial charge in [0.05, 0.1) is 5.43 Å². The van der Waals surface area contributed by atoms with Crippen molar-refractivity contribution in [2.45, 2.75) is 27.7 Å². The van der Waals surface area contributed by atoms with E-state index in [0.29, 0.717) is 11.5 Å². The monoisotopic (exact) mass is 374 g/mol. The molecule has 0 spiro atoms. The van der Waals surface area contributed by atoms with Gasteiger partial charge in [0.2, 0.25) is 0 Å². The van der Waals surface area contributed by atoms with Crippen LogP contribution in [0.25, 0.3) is 16.2 Å². The summed E-state index contributed by atoms with van der Waals surface area (Å²) in [5.74, 6) is 0.374. The van der Waals surface area contributed by atoms with Crippen LogP contribution in [0.2, 0.25) is 0 Å². The summed E-state index contributed by atoms with van der Waals surface area (Å²) < 4.78 is 0.993. The van der Waals surface area contributed by atoms with Crippen LogP contribution in [-0.2, 0) is 32.7 Å². The molecule has 0 aliphatic rings. The first-order valence-corrected chi connectivity index (χ1v) is 7.73. The Hall–Kier alpha value is -0.566. The summed E-state index contributed by atoms with van der Waals surface area (Å²) in [7, 11) is 0. The molecule has 0 N–H and O–H groups in total. The second-order valence-electron chi connectivity index (χ2n) is 4.43. The third-order valence-corrected chi connectivity index (χ3v) is 3.74. The van der Waals surface area contributed by atoms with E-state index >= 15 is 0 Å². The second kappa shape index (κ2) is 10.2. The number of hydrogen-bond donors (Lipinski definition) is 0. The van der Waals surface area contributed by atoms with Crippen LogP contribution in [0, 0.1) is 12.0 Å². The third kappa shape index (κ3) is 5.28. The number of hydrogen-bond acceptors (Lipinski definition) is 2. The van der Waals surface area contributed by atoms with Gasteiger partial charge in [0.1, 0.15) is 0 Å². The van der Waals surface area contributed by atoms with Crippen LogP contribution in [0.5, 0.6) is 0 Å². The van der Waals surface area contributed by atoms with Gasteiger partial charge >= 0.3 is 0 Å². The van der Waals surface area contributed by atoms with Gasteiger partial charge in [-0.15, -0.1) is 24.3 Å². The maximum absolute atomic E-state index is 12.4. The molecule has 1 heterocycles. The average Bonchev–Trinajstić information content (AvgIpc) is 2.48. The number of fused-ring (bicyclic) bond motifs is 1. The Kier molecular flexibility index (Phi) is 9.93. The van der Waals surface area contributed by atoms with Crippen molar-refractivity contribution in [2.75, 3.05) is 0 Å². The topological polar surface area (TPSA) is 17.1 Å². The zero-order valence-electron chi connectivity index (χ0n) is 13.1. The van der Waals surface area contributed by atoms with E-state index in [1.165, 1.54) is 0 Å². The van der Waals surface area contributed by atoms with Gasteiger partial charge in [0.25, 0.3) is 0 Å². The van der Waals surface area contributed by atoms with Crippen LogP contribution in [0.1, 0.15) is 38.1 Å². The van der Waals surface area contributed by atoms with E-state index < -0.39 is 0 Å². The van der Waals surface area contributed by atoms with Crippen molar-refractivity contribution in [1.29, 1.82) is 0 Å². The van der Waals surface area contributed by atoms with Crippen LogP contribution in [0.4, 0.5) is 0 Å². The van der Waals surface area contributed by atoms with Crippen LogP contribution in [0.3, 0.4) is 0 Å². The summed E-state index contributed by atoms with van der Waals surface area (Å²) in [6.07, 6.45) is 6.78. The third-order valence-electron chi connectivity index (χ3n) is 2.57. The summed E-state index contributed by atoms with van der Waals surface area (Å²) in [5.41, 5.74) is 0.665. The molecule has 1 radical (unpaired) electrons. The molecule has 0 bridgehead atoms. The molecule has 1 nitrogen and oxygen atoms in total. The van der Waals surface area contributed by atoms with E-state index in [1.807, 2.05) is 44.2 Å². The molecule has 21 heavy (non-hydrogen) atoms. The minimum atomic E-state index is 0. The largest absolute Gasteiger partial charge is 0.365 e. The van der Waals surface area contributed by atoms with Crippen LogP contribution < -0.4 is 5.43 Å². The summed E-state index contributed by atoms with van der Waals surface area (Å²) >= 11 is 1.58. The van der Waals surface area contributed by atoms with Crippen molar-refractivity contribution in [3.63, 3.8) is 0 Å². The van der Waals surface area contributed by atoms with Crippen LogP contribution in [-0.4, -0.2) is 0 Å². The Morgan fingerprint density at radius 1 is 1.24 bits per heavy atom. The Morgan fingerprint density at radius 2 is 1.86 bits per heavy atom. The smallest absolute Gasteiger partial charge is 0.0813 e. The molecule has 1 aromatic heterocycles. The standard InChI is InChI=1S/C16H15OS.C2H6.Y/c1-4-14-13(10-9-11(2)3)16(17)12-7-5-6-8-15(12)18-14;1-2;/h4-9,11H,1H2,2-3H3;1-2H3;/q-1;;. The maximum Gasteiger partial charge on any atom is 0.0813 e. The molecule has 3 heteroatoms. The SMILES string of the molecule is C=Cc1sc2ccccc2c(=O)c1[C-]=CC(C)C.CC.[Y]. The minimum Gasteiger partial charge on any atom is -0.365 e. The number of rotatable bonds is 3. The van der Waals surface area contributed by atoms with E-state index in [1.54, 1.807) is 17.4 Å². The van der Waals surface area contributed by atoms with Gasteiger partial charge in [0, 0.05) is 37.4 Å². The zero-order valence-corrected chi connectivity index (χ0v) is 16.8. The van der Waals surface area contributed by atoms with Crippen molar-refractivity contribution in [3.05, 3.63) is 63.7 Å². The predicted molar refractivity (Wildman–Crippen MR) is 91.3 cm³/mol. The molecular weight excluding hydrogens is 353 g/mol. The van der Waals surface area contributed by atoms with E-state index in [4.69, 9.17) is 0 Å². The van der Waals surface area contributed by atoms with Crippen molar-refractivity contribution in [1.82, 2.24) is 0 Å². The zero-order chi connectivity index (χ0) is 15.1. The second-order valence-corrected chi connectivity index (χ2v) is 5.51. The number of allylic oxidation sites excluding steroid dienone is 1. The molecule has 0 saturated heterocycles. The predicted octanol–water partition coefficient (Wildman–Crippen LogP) is 5.29. The van der Waals surface area contributed by atoms with Crippen LogP contribution >= 0.6 is 11.3 Å². The van der Waals surface area contributed by atoms with Gasteiger partial charge in [-0.05, 0) is 17.4 Å². The first kappa shape index (κ1) is 20.4. The molecule has 0 aliphatic heterocycles. The molecule has 109 valence electrons. The summed E-state index contributed by atoms with van der Waals surface area (Å²) in [4.78, 5) is 13.3. The van der Waals surface area contributed by atoms with E-state index in [-0.39, 0.29) is 38.1 Å². The first-order chi connectivity index (χ1) is 9.63. The fourth-order valence-electron chi connectivity index (χ4n) is 1.69. The van der Waals surface area contributed by atoms with E-state index in [9.17, 15) is 4.79 Å². The van der Waals surface area contributed by atoms with Crippen molar-refractivity contribution in [3.8, 4) is 0 Å². The summed E-state index contributed by atoms with van der Waals surface area (Å²) in [5, 5.41) is 0.757. The summed E-state index contributed by atoms with van der Waals surface area (Å²) in [6, 6.07) is 7.66. The molecule has 0 unspecified atom stereocenters. The Balaban J connectivity index is 0.00000128. The molecule has 0 amide bonds. The van der Waals surface area contributed by atoms with E-state index in [0.717, 1.165) is 15.0 Å². The quantitative estimate of drug-likeness (QED) is 0.667. The van der Waals surface area contributed by atoms with Gasteiger partial charge < -0.3 is 4.79 Å².